The number of ether oxygens (including phenoxy) is 4. The lowest BCUT2D eigenvalue weighted by atomic mass is 10.2. The number of methoxy groups -OCH3 is 2. The molecule has 0 N–H and O–H groups in total. The first kappa shape index (κ1) is 23.0. The third-order valence-electron chi connectivity index (χ3n) is 4.33. The van der Waals surface area contributed by atoms with Crippen LogP contribution >= 0.6 is 0 Å². The fraction of sp³-hybridized carbons (Fsp3) is 0.625. The lowest BCUT2D eigenvalue weighted by molar-refractivity contribution is -0.159. The molecule has 2 aliphatic heterocycles. The molecule has 0 aromatic carbocycles. The van der Waals surface area contributed by atoms with Crippen LogP contribution in [0.4, 0.5) is 9.59 Å². The predicted octanol–water partition coefficient (Wildman–Crippen LogP) is -2.19. The van der Waals surface area contributed by atoms with Crippen LogP contribution in [0.3, 0.4) is 0 Å². The highest BCUT2D eigenvalue weighted by Crippen LogP contribution is 2.09. The molecule has 2 saturated heterocycles. The Hall–Kier alpha value is -3.26. The molecule has 0 bridgehead atoms. The van der Waals surface area contributed by atoms with E-state index >= 15 is 0 Å². The summed E-state index contributed by atoms with van der Waals surface area (Å²) < 4.78 is 17.8. The molecule has 30 heavy (non-hydrogen) atoms. The van der Waals surface area contributed by atoms with E-state index in [1.807, 2.05) is 0 Å². The van der Waals surface area contributed by atoms with Gasteiger partial charge in [-0.15, -0.1) is 0 Å². The lowest BCUT2D eigenvalue weighted by Crippen LogP contribution is -2.58. The average molecular weight is 430 g/mol. The molecular formula is C16H22N4O10. The second-order valence-electron chi connectivity index (χ2n) is 6.31. The van der Waals surface area contributed by atoms with Crippen LogP contribution in [-0.4, -0.2) is 122 Å². The van der Waals surface area contributed by atoms with Crippen molar-refractivity contribution in [3.8, 4) is 0 Å². The van der Waals surface area contributed by atoms with Crippen LogP contribution in [-0.2, 0) is 38.1 Å². The monoisotopic (exact) mass is 430 g/mol. The summed E-state index contributed by atoms with van der Waals surface area (Å²) in [4.78, 5) is 75.1. The SMILES string of the molecule is COC(=O)OCN1C(=O)CN(CCN2CC(=O)N(COC(=O)OC)C(=O)C2)CC1=O. The molecule has 0 aliphatic carbocycles. The van der Waals surface area contributed by atoms with Crippen LogP contribution in [0.1, 0.15) is 0 Å². The van der Waals surface area contributed by atoms with Crippen molar-refractivity contribution >= 4 is 35.9 Å². The quantitative estimate of drug-likeness (QED) is 0.318. The summed E-state index contributed by atoms with van der Waals surface area (Å²) >= 11 is 0. The molecule has 0 unspecified atom stereocenters. The van der Waals surface area contributed by atoms with Crippen LogP contribution in [0, 0.1) is 0 Å². The molecule has 4 amide bonds. The minimum Gasteiger partial charge on any atom is -0.438 e. The Labute approximate surface area is 171 Å². The van der Waals surface area contributed by atoms with E-state index in [4.69, 9.17) is 0 Å². The van der Waals surface area contributed by atoms with Gasteiger partial charge in [0, 0.05) is 13.1 Å². The summed E-state index contributed by atoms with van der Waals surface area (Å²) in [6.45, 7) is -0.926. The maximum absolute atomic E-state index is 12.1. The fourth-order valence-electron chi connectivity index (χ4n) is 2.74. The van der Waals surface area contributed by atoms with Crippen molar-refractivity contribution in [3.63, 3.8) is 0 Å². The van der Waals surface area contributed by atoms with Crippen molar-refractivity contribution in [2.75, 3.05) is 66.9 Å². The van der Waals surface area contributed by atoms with E-state index in [-0.39, 0.29) is 39.3 Å². The number of hydrogen-bond donors (Lipinski definition) is 0. The van der Waals surface area contributed by atoms with Gasteiger partial charge in [0.25, 0.3) is 0 Å². The van der Waals surface area contributed by atoms with Gasteiger partial charge in [-0.3, -0.25) is 29.0 Å². The fourth-order valence-corrected chi connectivity index (χ4v) is 2.74. The van der Waals surface area contributed by atoms with Gasteiger partial charge in [0.2, 0.25) is 23.6 Å². The topological polar surface area (TPSA) is 152 Å². The molecule has 14 heteroatoms. The van der Waals surface area contributed by atoms with E-state index in [0.29, 0.717) is 0 Å². The van der Waals surface area contributed by atoms with Crippen molar-refractivity contribution in [3.05, 3.63) is 0 Å². The number of piperazine rings is 2. The second kappa shape index (κ2) is 10.5. The van der Waals surface area contributed by atoms with E-state index in [1.165, 1.54) is 0 Å². The smallest absolute Gasteiger partial charge is 0.438 e. The van der Waals surface area contributed by atoms with Gasteiger partial charge in [0.05, 0.1) is 40.4 Å². The van der Waals surface area contributed by atoms with Crippen molar-refractivity contribution in [2.24, 2.45) is 0 Å². The van der Waals surface area contributed by atoms with Crippen LogP contribution < -0.4 is 0 Å². The summed E-state index contributed by atoms with van der Waals surface area (Å²) in [7, 11) is 2.21. The molecule has 0 aromatic heterocycles. The van der Waals surface area contributed by atoms with E-state index in [2.05, 4.69) is 18.9 Å². The van der Waals surface area contributed by atoms with Gasteiger partial charge in [0.15, 0.2) is 13.5 Å². The first-order valence-electron chi connectivity index (χ1n) is 8.77. The van der Waals surface area contributed by atoms with Gasteiger partial charge in [-0.05, 0) is 0 Å². The zero-order chi connectivity index (χ0) is 22.3. The Balaban J connectivity index is 1.79. The summed E-state index contributed by atoms with van der Waals surface area (Å²) in [5.41, 5.74) is 0. The van der Waals surface area contributed by atoms with E-state index < -0.39 is 49.4 Å². The largest absolute Gasteiger partial charge is 0.509 e. The highest BCUT2D eigenvalue weighted by molar-refractivity contribution is 6.00. The highest BCUT2D eigenvalue weighted by Gasteiger charge is 2.34. The average Bonchev–Trinajstić information content (AvgIpc) is 2.70. The molecule has 166 valence electrons. The normalized spacial score (nSPS) is 18.5. The van der Waals surface area contributed by atoms with Crippen LogP contribution in [0.15, 0.2) is 0 Å². The van der Waals surface area contributed by atoms with Gasteiger partial charge in [-0.2, -0.15) is 0 Å². The number of rotatable bonds is 7. The standard InChI is InChI=1S/C16H22N4O10/c1-27-15(25)29-9-19-11(21)5-17(6-12(19)22)3-4-18-7-13(23)20(14(24)8-18)10-30-16(26)28-2/h3-10H2,1-2H3. The minimum atomic E-state index is -1.01. The Morgan fingerprint density at radius 1 is 0.667 bits per heavy atom. The molecule has 2 rings (SSSR count). The molecule has 2 aliphatic rings. The van der Waals surface area contributed by atoms with E-state index in [9.17, 15) is 28.8 Å². The van der Waals surface area contributed by atoms with E-state index in [1.54, 1.807) is 9.80 Å². The van der Waals surface area contributed by atoms with Gasteiger partial charge >= 0.3 is 12.3 Å². The third-order valence-corrected chi connectivity index (χ3v) is 4.33. The highest BCUT2D eigenvalue weighted by atomic mass is 16.7. The maximum Gasteiger partial charge on any atom is 0.509 e. The first-order valence-corrected chi connectivity index (χ1v) is 8.77. The number of carbonyl (C=O) groups is 6. The number of amides is 4. The van der Waals surface area contributed by atoms with Crippen molar-refractivity contribution in [2.45, 2.75) is 0 Å². The third kappa shape index (κ3) is 6.12. The van der Waals surface area contributed by atoms with Crippen LogP contribution in [0.25, 0.3) is 0 Å². The van der Waals surface area contributed by atoms with Crippen LogP contribution in [0.5, 0.6) is 0 Å². The van der Waals surface area contributed by atoms with Crippen LogP contribution in [0.2, 0.25) is 0 Å². The molecular weight excluding hydrogens is 408 g/mol. The van der Waals surface area contributed by atoms with Gasteiger partial charge in [0.1, 0.15) is 0 Å². The van der Waals surface area contributed by atoms with E-state index in [0.717, 1.165) is 24.0 Å². The molecule has 2 fully saturated rings. The molecule has 2 heterocycles. The molecule has 14 nitrogen and oxygen atoms in total. The Kier molecular flexibility index (Phi) is 8.06. The Bertz CT molecular complexity index is 631. The summed E-state index contributed by atoms with van der Waals surface area (Å²) in [6, 6.07) is 0. The second-order valence-corrected chi connectivity index (χ2v) is 6.31. The number of imide groups is 2. The molecule has 0 spiro atoms. The van der Waals surface area contributed by atoms with Gasteiger partial charge < -0.3 is 18.9 Å². The summed E-state index contributed by atoms with van der Waals surface area (Å²) in [5.74, 6) is -2.20. The summed E-state index contributed by atoms with van der Waals surface area (Å²) in [5, 5.41) is 0. The zero-order valence-electron chi connectivity index (χ0n) is 16.5. The number of carbonyl (C=O) groups excluding carboxylic acids is 6. The number of hydrogen-bond acceptors (Lipinski definition) is 12. The van der Waals surface area contributed by atoms with Gasteiger partial charge in [-0.1, -0.05) is 0 Å². The predicted molar refractivity (Wildman–Crippen MR) is 93.3 cm³/mol. The minimum absolute atomic E-state index is 0.0922. The number of nitrogens with zero attached hydrogens (tertiary/aromatic N) is 4. The Morgan fingerprint density at radius 3 is 1.23 bits per heavy atom. The first-order chi connectivity index (χ1) is 14.2. The molecule has 0 atom stereocenters. The maximum atomic E-state index is 12.1. The molecule has 0 aromatic rings. The molecule has 0 radical (unpaired) electrons. The van der Waals surface area contributed by atoms with Crippen molar-refractivity contribution < 1.29 is 47.7 Å². The Morgan fingerprint density at radius 2 is 0.967 bits per heavy atom. The lowest BCUT2D eigenvalue weighted by Gasteiger charge is -2.35. The summed E-state index contributed by atoms with van der Waals surface area (Å²) in [6.07, 6.45) is -2.02. The van der Waals surface area contributed by atoms with Gasteiger partial charge in [-0.25, -0.2) is 19.4 Å². The van der Waals surface area contributed by atoms with Crippen molar-refractivity contribution in [1.29, 1.82) is 0 Å². The molecule has 0 saturated carbocycles. The van der Waals surface area contributed by atoms with Crippen molar-refractivity contribution in [1.82, 2.24) is 19.6 Å². The zero-order valence-corrected chi connectivity index (χ0v) is 16.5.